The molecule has 0 saturated heterocycles. The molecule has 0 fully saturated rings. The molecule has 3 aromatic heterocycles. The second kappa shape index (κ2) is 8.94. The molecule has 0 N–H and O–H groups in total. The summed E-state index contributed by atoms with van der Waals surface area (Å²) in [6, 6.07) is 3.63. The van der Waals surface area contributed by atoms with E-state index in [9.17, 15) is 4.21 Å². The number of pyridine rings is 2. The molecule has 9 heteroatoms. The van der Waals surface area contributed by atoms with Crippen molar-refractivity contribution in [1.29, 1.82) is 0 Å². The number of aryl methyl sites for hydroxylation is 1. The summed E-state index contributed by atoms with van der Waals surface area (Å²) >= 11 is 0. The average Bonchev–Trinajstić information content (AvgIpc) is 3.03. The van der Waals surface area contributed by atoms with Crippen molar-refractivity contribution >= 4 is 22.0 Å². The van der Waals surface area contributed by atoms with E-state index in [4.69, 9.17) is 9.47 Å². The fourth-order valence-electron chi connectivity index (χ4n) is 2.66. The summed E-state index contributed by atoms with van der Waals surface area (Å²) in [5.41, 5.74) is 3.58. The summed E-state index contributed by atoms with van der Waals surface area (Å²) in [6.07, 6.45) is 2.40. The van der Waals surface area contributed by atoms with Crippen molar-refractivity contribution in [2.75, 3.05) is 14.2 Å². The van der Waals surface area contributed by atoms with Gasteiger partial charge in [-0.05, 0) is 31.0 Å². The Balaban J connectivity index is 0.00000243. The molecule has 3 aromatic rings. The Morgan fingerprint density at radius 2 is 2.00 bits per heavy atom. The molecule has 3 rings (SSSR count). The number of methoxy groups -OCH3 is 2. The minimum atomic E-state index is -1.43. The van der Waals surface area contributed by atoms with Crippen LogP contribution in [0.4, 0.5) is 0 Å². The molecule has 7 nitrogen and oxygen atoms in total. The van der Waals surface area contributed by atoms with Gasteiger partial charge < -0.3 is 24.4 Å². The predicted octanol–water partition coefficient (Wildman–Crippen LogP) is -0.818. The van der Waals surface area contributed by atoms with Crippen LogP contribution in [0.25, 0.3) is 11.2 Å². The molecule has 0 aromatic carbocycles. The minimum absolute atomic E-state index is 0. The molecule has 0 spiro atoms. The third-order valence-electron chi connectivity index (χ3n) is 3.89. The van der Waals surface area contributed by atoms with Gasteiger partial charge in [0.2, 0.25) is 0 Å². The summed E-state index contributed by atoms with van der Waals surface area (Å²) < 4.78 is 23.3. The Bertz CT molecular complexity index is 945. The Hall–Kier alpha value is -1.48. The molecule has 3 heterocycles. The van der Waals surface area contributed by atoms with Crippen LogP contribution < -0.4 is 44.0 Å². The van der Waals surface area contributed by atoms with Crippen molar-refractivity contribution in [3.8, 4) is 11.6 Å². The molecule has 1 unspecified atom stereocenters. The van der Waals surface area contributed by atoms with Crippen LogP contribution in [0.5, 0.6) is 11.6 Å². The third kappa shape index (κ3) is 4.09. The van der Waals surface area contributed by atoms with Gasteiger partial charge in [-0.25, -0.2) is 0 Å². The summed E-state index contributed by atoms with van der Waals surface area (Å²) in [7, 11) is 1.74. The first kappa shape index (κ1) is 20.8. The molecule has 0 aliphatic carbocycles. The fourth-order valence-corrected chi connectivity index (χ4v) is 3.68. The van der Waals surface area contributed by atoms with E-state index in [1.807, 2.05) is 19.9 Å². The second-order valence-electron chi connectivity index (χ2n) is 5.45. The van der Waals surface area contributed by atoms with Crippen LogP contribution in [0.3, 0.4) is 0 Å². The zero-order valence-electron chi connectivity index (χ0n) is 15.6. The van der Waals surface area contributed by atoms with Gasteiger partial charge in [-0.3, -0.25) is 9.19 Å². The largest absolute Gasteiger partial charge is 1.00 e. The number of aromatic nitrogens is 4. The normalized spacial score (nSPS) is 11.8. The first-order valence-electron chi connectivity index (χ1n) is 7.82. The van der Waals surface area contributed by atoms with Crippen LogP contribution in [0.2, 0.25) is 0 Å². The van der Waals surface area contributed by atoms with Gasteiger partial charge in [-0.15, -0.1) is 0 Å². The number of imidazole rings is 1. The van der Waals surface area contributed by atoms with E-state index in [0.717, 1.165) is 29.0 Å². The quantitative estimate of drug-likeness (QED) is 0.515. The molecule has 1 atom stereocenters. The molecule has 0 aliphatic rings. The van der Waals surface area contributed by atoms with Gasteiger partial charge >= 0.3 is 29.6 Å². The van der Waals surface area contributed by atoms with Gasteiger partial charge in [-0.1, -0.05) is 6.92 Å². The average molecular weight is 382 g/mol. The number of fused-ring (bicyclic) bond motifs is 1. The maximum atomic E-state index is 12.7. The molecular formula is C17H19N4NaO3S. The predicted molar refractivity (Wildman–Crippen MR) is 94.4 cm³/mol. The van der Waals surface area contributed by atoms with Crippen LogP contribution in [0, 0.1) is 6.92 Å². The molecule has 0 bridgehead atoms. The maximum Gasteiger partial charge on any atom is 1.00 e. The molecule has 0 amide bonds. The van der Waals surface area contributed by atoms with Gasteiger partial charge in [0, 0.05) is 22.9 Å². The summed E-state index contributed by atoms with van der Waals surface area (Å²) in [6.45, 7) is 3.89. The Labute approximate surface area is 176 Å². The number of rotatable bonds is 6. The van der Waals surface area contributed by atoms with E-state index < -0.39 is 10.8 Å². The standard InChI is InChI=1S/C17H19N4O3S.Na/c1-5-11-13(18-7-6-14(11)23-3)9-25(22)17-19-12-8-10(2)16(24-4)20-15(12)21-17;/h6-8H,5,9H2,1-4H3;/q-1;+1. The second-order valence-corrected chi connectivity index (χ2v) is 6.79. The van der Waals surface area contributed by atoms with Crippen molar-refractivity contribution in [2.45, 2.75) is 31.2 Å². The van der Waals surface area contributed by atoms with E-state index in [2.05, 4.69) is 19.9 Å². The fraction of sp³-hybridized carbons (Fsp3) is 0.353. The van der Waals surface area contributed by atoms with Crippen molar-refractivity contribution in [2.24, 2.45) is 0 Å². The Morgan fingerprint density at radius 1 is 1.23 bits per heavy atom. The number of hydrogen-bond donors (Lipinski definition) is 0. The molecule has 132 valence electrons. The first-order chi connectivity index (χ1) is 12.1. The smallest absolute Gasteiger partial charge is 0.496 e. The van der Waals surface area contributed by atoms with E-state index in [0.29, 0.717) is 17.0 Å². The molecular weight excluding hydrogens is 363 g/mol. The number of ether oxygens (including phenoxy) is 2. The monoisotopic (exact) mass is 382 g/mol. The molecule has 0 aliphatic heterocycles. The van der Waals surface area contributed by atoms with Gasteiger partial charge in [0.25, 0.3) is 0 Å². The maximum absolute atomic E-state index is 12.7. The van der Waals surface area contributed by atoms with Crippen LogP contribution in [-0.2, 0) is 23.0 Å². The Kier molecular flexibility index (Phi) is 7.16. The Morgan fingerprint density at radius 3 is 2.65 bits per heavy atom. The van der Waals surface area contributed by atoms with Crippen molar-refractivity contribution < 1.29 is 43.2 Å². The van der Waals surface area contributed by atoms with Gasteiger partial charge in [-0.2, -0.15) is 0 Å². The van der Waals surface area contributed by atoms with Crippen LogP contribution in [0.15, 0.2) is 23.5 Å². The molecule has 0 radical (unpaired) electrons. The van der Waals surface area contributed by atoms with Crippen molar-refractivity contribution in [3.05, 3.63) is 35.2 Å². The number of nitrogens with zero attached hydrogens (tertiary/aromatic N) is 4. The van der Waals surface area contributed by atoms with Crippen LogP contribution in [0.1, 0.15) is 23.7 Å². The zero-order chi connectivity index (χ0) is 18.0. The van der Waals surface area contributed by atoms with E-state index >= 15 is 0 Å². The SMILES string of the molecule is CCc1c(OC)ccnc1CS(=O)c1nc2cc(C)c(OC)nc2[n-]1.[Na+]. The summed E-state index contributed by atoms with van der Waals surface area (Å²) in [4.78, 5) is 17.3. The summed E-state index contributed by atoms with van der Waals surface area (Å²) in [5.74, 6) is 1.47. The van der Waals surface area contributed by atoms with Gasteiger partial charge in [0.05, 0.1) is 41.6 Å². The van der Waals surface area contributed by atoms with E-state index in [1.54, 1.807) is 26.5 Å². The van der Waals surface area contributed by atoms with Gasteiger partial charge in [0.15, 0.2) is 0 Å². The first-order valence-corrected chi connectivity index (χ1v) is 9.14. The van der Waals surface area contributed by atoms with Gasteiger partial charge in [0.1, 0.15) is 11.6 Å². The zero-order valence-corrected chi connectivity index (χ0v) is 18.4. The van der Waals surface area contributed by atoms with Crippen molar-refractivity contribution in [3.63, 3.8) is 0 Å². The van der Waals surface area contributed by atoms with Crippen molar-refractivity contribution in [1.82, 2.24) is 19.9 Å². The third-order valence-corrected chi connectivity index (χ3v) is 5.01. The van der Waals surface area contributed by atoms with E-state index in [1.165, 1.54) is 0 Å². The van der Waals surface area contributed by atoms with Crippen LogP contribution >= 0.6 is 0 Å². The van der Waals surface area contributed by atoms with Crippen LogP contribution in [-0.4, -0.2) is 33.4 Å². The molecule has 26 heavy (non-hydrogen) atoms. The number of hydrogen-bond acceptors (Lipinski definition) is 6. The van der Waals surface area contributed by atoms with E-state index in [-0.39, 0.29) is 40.5 Å². The summed E-state index contributed by atoms with van der Waals surface area (Å²) in [5, 5.41) is 0.252. The topological polar surface area (TPSA) is 88.3 Å². The minimum Gasteiger partial charge on any atom is -0.496 e. The molecule has 0 saturated carbocycles.